The molecule has 0 N–H and O–H groups in total. The lowest BCUT2D eigenvalue weighted by Crippen LogP contribution is -2.55. The fourth-order valence-electron chi connectivity index (χ4n) is 4.21. The van der Waals surface area contributed by atoms with E-state index in [0.29, 0.717) is 0 Å². The van der Waals surface area contributed by atoms with E-state index in [0.717, 1.165) is 12.6 Å². The molecule has 0 saturated carbocycles. The maximum Gasteiger partial charge on any atom is 0.0509 e. The molecule has 2 saturated heterocycles. The molecule has 2 aliphatic heterocycles. The van der Waals surface area contributed by atoms with Crippen LogP contribution in [0.1, 0.15) is 30.4 Å². The van der Waals surface area contributed by atoms with Crippen LogP contribution in [-0.4, -0.2) is 37.1 Å². The molecule has 0 aliphatic carbocycles. The standard InChI is InChI=1S/C22H28N2S/c1-17-10-11-21(18(2)15-17)25-22-9-4-3-8-20(22)24-14-13-23-12-6-5-7-19(23)16-24/h3-4,8-11,15,19H,5-7,12-14,16H2,1-2H3. The van der Waals surface area contributed by atoms with Gasteiger partial charge in [0, 0.05) is 35.5 Å². The van der Waals surface area contributed by atoms with E-state index < -0.39 is 0 Å². The number of piperazine rings is 1. The number of piperidine rings is 1. The van der Waals surface area contributed by atoms with E-state index in [1.54, 1.807) is 0 Å². The van der Waals surface area contributed by atoms with Gasteiger partial charge < -0.3 is 4.90 Å². The Kier molecular flexibility index (Phi) is 5.05. The van der Waals surface area contributed by atoms with Crippen molar-refractivity contribution in [1.29, 1.82) is 0 Å². The van der Waals surface area contributed by atoms with Gasteiger partial charge in [-0.05, 0) is 57.0 Å². The van der Waals surface area contributed by atoms with Crippen molar-refractivity contribution in [2.75, 3.05) is 31.1 Å². The molecular weight excluding hydrogens is 324 g/mol. The molecule has 2 nitrogen and oxygen atoms in total. The van der Waals surface area contributed by atoms with Gasteiger partial charge in [0.25, 0.3) is 0 Å². The zero-order chi connectivity index (χ0) is 17.2. The van der Waals surface area contributed by atoms with E-state index in [1.165, 1.54) is 65.5 Å². The molecule has 25 heavy (non-hydrogen) atoms. The van der Waals surface area contributed by atoms with E-state index in [4.69, 9.17) is 0 Å². The molecule has 0 amide bonds. The molecular formula is C22H28N2S. The van der Waals surface area contributed by atoms with Crippen molar-refractivity contribution < 1.29 is 0 Å². The van der Waals surface area contributed by atoms with Crippen LogP contribution < -0.4 is 4.90 Å². The number of para-hydroxylation sites is 1. The van der Waals surface area contributed by atoms with Crippen molar-refractivity contribution in [3.63, 3.8) is 0 Å². The van der Waals surface area contributed by atoms with Gasteiger partial charge in [0.05, 0.1) is 5.69 Å². The third kappa shape index (κ3) is 3.73. The van der Waals surface area contributed by atoms with Gasteiger partial charge >= 0.3 is 0 Å². The Morgan fingerprint density at radius 3 is 2.68 bits per heavy atom. The summed E-state index contributed by atoms with van der Waals surface area (Å²) >= 11 is 1.92. The van der Waals surface area contributed by atoms with Gasteiger partial charge in [-0.15, -0.1) is 0 Å². The first kappa shape index (κ1) is 17.0. The lowest BCUT2D eigenvalue weighted by Gasteiger charge is -2.45. The summed E-state index contributed by atoms with van der Waals surface area (Å²) in [5.41, 5.74) is 4.12. The lowest BCUT2D eigenvalue weighted by molar-refractivity contribution is 0.133. The van der Waals surface area contributed by atoms with Crippen molar-refractivity contribution in [3.05, 3.63) is 53.6 Å². The zero-order valence-electron chi connectivity index (χ0n) is 15.4. The molecule has 2 fully saturated rings. The number of hydrogen-bond donors (Lipinski definition) is 0. The third-order valence-electron chi connectivity index (χ3n) is 5.59. The molecule has 0 spiro atoms. The smallest absolute Gasteiger partial charge is 0.0509 e. The van der Waals surface area contributed by atoms with E-state index in [-0.39, 0.29) is 0 Å². The number of fused-ring (bicyclic) bond motifs is 1. The first-order valence-electron chi connectivity index (χ1n) is 9.54. The molecule has 4 rings (SSSR count). The maximum absolute atomic E-state index is 2.71. The molecule has 1 unspecified atom stereocenters. The summed E-state index contributed by atoms with van der Waals surface area (Å²) in [6, 6.07) is 16.5. The van der Waals surface area contributed by atoms with Gasteiger partial charge in [0.15, 0.2) is 0 Å². The highest BCUT2D eigenvalue weighted by Gasteiger charge is 2.29. The SMILES string of the molecule is Cc1ccc(Sc2ccccc2N2CCN3CCCCC3C2)c(C)c1. The maximum atomic E-state index is 2.71. The second-order valence-electron chi connectivity index (χ2n) is 7.47. The number of aryl methyl sites for hydroxylation is 2. The highest BCUT2D eigenvalue weighted by molar-refractivity contribution is 7.99. The lowest BCUT2D eigenvalue weighted by atomic mass is 9.99. The molecule has 2 aliphatic rings. The normalized spacial score (nSPS) is 21.2. The molecule has 3 heteroatoms. The minimum absolute atomic E-state index is 0.752. The van der Waals surface area contributed by atoms with E-state index >= 15 is 0 Å². The Bertz CT molecular complexity index is 743. The van der Waals surface area contributed by atoms with Crippen LogP contribution in [0.5, 0.6) is 0 Å². The Morgan fingerprint density at radius 1 is 0.920 bits per heavy atom. The largest absolute Gasteiger partial charge is 0.368 e. The molecule has 2 heterocycles. The van der Waals surface area contributed by atoms with Crippen molar-refractivity contribution in [2.24, 2.45) is 0 Å². The highest BCUT2D eigenvalue weighted by atomic mass is 32.2. The minimum atomic E-state index is 0.752. The topological polar surface area (TPSA) is 6.48 Å². The average Bonchev–Trinajstić information content (AvgIpc) is 2.64. The fourth-order valence-corrected chi connectivity index (χ4v) is 5.25. The van der Waals surface area contributed by atoms with Gasteiger partial charge in [-0.25, -0.2) is 0 Å². The van der Waals surface area contributed by atoms with Crippen LogP contribution in [0.25, 0.3) is 0 Å². The van der Waals surface area contributed by atoms with Crippen LogP contribution in [0.4, 0.5) is 5.69 Å². The van der Waals surface area contributed by atoms with Gasteiger partial charge in [-0.1, -0.05) is 48.0 Å². The summed E-state index contributed by atoms with van der Waals surface area (Å²) < 4.78 is 0. The Morgan fingerprint density at radius 2 is 1.80 bits per heavy atom. The van der Waals surface area contributed by atoms with Crippen molar-refractivity contribution in [1.82, 2.24) is 4.90 Å². The average molecular weight is 353 g/mol. The first-order valence-corrected chi connectivity index (χ1v) is 10.4. The highest BCUT2D eigenvalue weighted by Crippen LogP contribution is 2.38. The summed E-state index contributed by atoms with van der Waals surface area (Å²) in [5.74, 6) is 0. The fraction of sp³-hybridized carbons (Fsp3) is 0.455. The van der Waals surface area contributed by atoms with Crippen LogP contribution in [0.3, 0.4) is 0 Å². The Hall–Kier alpha value is -1.45. The van der Waals surface area contributed by atoms with E-state index in [1.807, 2.05) is 11.8 Å². The molecule has 0 aromatic heterocycles. The zero-order valence-corrected chi connectivity index (χ0v) is 16.2. The van der Waals surface area contributed by atoms with E-state index in [9.17, 15) is 0 Å². The number of hydrogen-bond acceptors (Lipinski definition) is 3. The number of benzene rings is 2. The predicted molar refractivity (Wildman–Crippen MR) is 108 cm³/mol. The molecule has 0 bridgehead atoms. The van der Waals surface area contributed by atoms with Crippen LogP contribution >= 0.6 is 11.8 Å². The predicted octanol–water partition coefficient (Wildman–Crippen LogP) is 5.13. The molecule has 2 aromatic carbocycles. The molecule has 1 atom stereocenters. The van der Waals surface area contributed by atoms with Crippen molar-refractivity contribution in [3.8, 4) is 0 Å². The van der Waals surface area contributed by atoms with Crippen LogP contribution in [0, 0.1) is 13.8 Å². The molecule has 2 aromatic rings. The summed E-state index contributed by atoms with van der Waals surface area (Å²) in [7, 11) is 0. The van der Waals surface area contributed by atoms with Crippen molar-refractivity contribution in [2.45, 2.75) is 48.9 Å². The summed E-state index contributed by atoms with van der Waals surface area (Å²) in [6.45, 7) is 9.24. The third-order valence-corrected chi connectivity index (χ3v) is 6.84. The van der Waals surface area contributed by atoms with E-state index in [2.05, 4.69) is 66.1 Å². The van der Waals surface area contributed by atoms with Crippen molar-refractivity contribution >= 4 is 17.4 Å². The second kappa shape index (κ2) is 7.43. The minimum Gasteiger partial charge on any atom is -0.368 e. The van der Waals surface area contributed by atoms with Gasteiger partial charge in [0.2, 0.25) is 0 Å². The Labute approximate surface area is 156 Å². The van der Waals surface area contributed by atoms with Gasteiger partial charge in [0.1, 0.15) is 0 Å². The van der Waals surface area contributed by atoms with Gasteiger partial charge in [-0.3, -0.25) is 4.90 Å². The monoisotopic (exact) mass is 352 g/mol. The summed E-state index contributed by atoms with van der Waals surface area (Å²) in [6.07, 6.45) is 4.15. The molecule has 0 radical (unpaired) electrons. The number of rotatable bonds is 3. The van der Waals surface area contributed by atoms with Gasteiger partial charge in [-0.2, -0.15) is 0 Å². The first-order chi connectivity index (χ1) is 12.2. The number of nitrogens with zero attached hydrogens (tertiary/aromatic N) is 2. The quantitative estimate of drug-likeness (QED) is 0.756. The Balaban J connectivity index is 1.56. The van der Waals surface area contributed by atoms with Crippen LogP contribution in [-0.2, 0) is 0 Å². The summed E-state index contributed by atoms with van der Waals surface area (Å²) in [4.78, 5) is 8.09. The second-order valence-corrected chi connectivity index (χ2v) is 8.55. The number of anilines is 1. The summed E-state index contributed by atoms with van der Waals surface area (Å²) in [5, 5.41) is 0. The molecule has 132 valence electrons. The van der Waals surface area contributed by atoms with Crippen LogP contribution in [0.15, 0.2) is 52.3 Å². The van der Waals surface area contributed by atoms with Crippen LogP contribution in [0.2, 0.25) is 0 Å².